The van der Waals surface area contributed by atoms with Crippen molar-refractivity contribution in [3.63, 3.8) is 0 Å². The van der Waals surface area contributed by atoms with Crippen LogP contribution in [0.15, 0.2) is 72.8 Å². The number of nitrogens with one attached hydrogen (secondary N) is 1. The highest BCUT2D eigenvalue weighted by Crippen LogP contribution is 2.33. The third-order valence-electron chi connectivity index (χ3n) is 8.05. The van der Waals surface area contributed by atoms with Crippen molar-refractivity contribution in [3.8, 4) is 0 Å². The van der Waals surface area contributed by atoms with E-state index in [1.807, 2.05) is 62.4 Å². The molecule has 0 unspecified atom stereocenters. The molecule has 1 aromatic heterocycles. The van der Waals surface area contributed by atoms with Crippen LogP contribution < -0.4 is 11.1 Å². The number of aromatic nitrogens is 1. The fraction of sp³-hybridized carbons (Fsp3) is 0.312. The normalized spacial score (nSPS) is 18.7. The van der Waals surface area contributed by atoms with Gasteiger partial charge >= 0.3 is 6.03 Å². The van der Waals surface area contributed by atoms with Gasteiger partial charge in [-0.15, -0.1) is 0 Å². The number of carbonyl (C=O) groups is 3. The molecule has 0 aliphatic carbocycles. The van der Waals surface area contributed by atoms with E-state index >= 15 is 0 Å². The Hall–Kier alpha value is -4.55. The molecule has 0 bridgehead atoms. The molecule has 228 valence electrons. The van der Waals surface area contributed by atoms with Crippen molar-refractivity contribution < 1.29 is 18.8 Å². The van der Waals surface area contributed by atoms with Crippen molar-refractivity contribution in [1.82, 2.24) is 30.1 Å². The number of halogens is 1. The zero-order valence-electron chi connectivity index (χ0n) is 24.5. The van der Waals surface area contributed by atoms with E-state index in [1.54, 1.807) is 32.0 Å². The van der Waals surface area contributed by atoms with Crippen LogP contribution in [-0.2, 0) is 29.1 Å². The molecule has 44 heavy (non-hydrogen) atoms. The van der Waals surface area contributed by atoms with Gasteiger partial charge in [-0.3, -0.25) is 14.6 Å². The minimum absolute atomic E-state index is 0.0547. The Bertz CT molecular complexity index is 1680. The molecule has 12 heteroatoms. The number of nitrogen functional groups attached to an aromatic ring is 1. The average Bonchev–Trinajstić information content (AvgIpc) is 3.54. The predicted molar refractivity (Wildman–Crippen MR) is 166 cm³/mol. The van der Waals surface area contributed by atoms with Crippen LogP contribution in [-0.4, -0.2) is 74.0 Å². The smallest absolute Gasteiger partial charge is 0.332 e. The minimum Gasteiger partial charge on any atom is -0.375 e. The van der Waals surface area contributed by atoms with E-state index in [0.29, 0.717) is 11.7 Å². The molecule has 0 spiro atoms. The Morgan fingerprint density at radius 1 is 1.07 bits per heavy atom. The lowest BCUT2D eigenvalue weighted by Crippen LogP contribution is -2.66. The Balaban J connectivity index is 1.32. The molecule has 2 aliphatic rings. The lowest BCUT2D eigenvalue weighted by atomic mass is 10.00. The van der Waals surface area contributed by atoms with Crippen LogP contribution in [0.25, 0.3) is 10.2 Å². The van der Waals surface area contributed by atoms with Crippen LogP contribution >= 0.6 is 11.3 Å². The van der Waals surface area contributed by atoms with Crippen molar-refractivity contribution >= 4 is 44.5 Å². The number of benzene rings is 3. The van der Waals surface area contributed by atoms with Gasteiger partial charge in [0.1, 0.15) is 18.0 Å². The van der Waals surface area contributed by atoms with Crippen LogP contribution in [0.2, 0.25) is 0 Å². The standard InChI is InChI=1S/C32H34FN7O3S/c1-20(2)40(32(43)35-16-22-7-4-3-5-8-22)38-19-28(41)39-25(15-21-11-13-24(33)14-12-21)30(42)37(18-27(38)39)17-23-9-6-10-26-29(23)36-31(34)44-26/h3-14,20,25,27H,15-19H2,1-2H3,(H2,34,36)(H,35,43)/t25-,27+/m0/s1. The molecule has 3 heterocycles. The van der Waals surface area contributed by atoms with Gasteiger partial charge in [-0.25, -0.2) is 14.2 Å². The summed E-state index contributed by atoms with van der Waals surface area (Å²) in [7, 11) is 0. The van der Waals surface area contributed by atoms with Gasteiger partial charge in [-0.1, -0.05) is 65.9 Å². The summed E-state index contributed by atoms with van der Waals surface area (Å²) in [6.07, 6.45) is -0.378. The van der Waals surface area contributed by atoms with Crippen LogP contribution in [0, 0.1) is 5.82 Å². The fourth-order valence-electron chi connectivity index (χ4n) is 6.07. The maximum absolute atomic E-state index is 14.1. The molecule has 4 amide bonds. The van der Waals surface area contributed by atoms with E-state index < -0.39 is 12.2 Å². The maximum atomic E-state index is 14.1. The molecule has 2 atom stereocenters. The van der Waals surface area contributed by atoms with E-state index in [-0.39, 0.29) is 55.8 Å². The predicted octanol–water partition coefficient (Wildman–Crippen LogP) is 3.98. The van der Waals surface area contributed by atoms with Crippen molar-refractivity contribution in [2.45, 2.75) is 51.6 Å². The molecule has 4 aromatic rings. The molecule has 0 radical (unpaired) electrons. The molecule has 10 nitrogen and oxygen atoms in total. The highest BCUT2D eigenvalue weighted by Gasteiger charge is 2.52. The number of hydrazine groups is 1. The zero-order valence-corrected chi connectivity index (χ0v) is 25.3. The number of rotatable bonds is 8. The average molecular weight is 616 g/mol. The molecule has 2 aliphatic heterocycles. The molecule has 0 saturated carbocycles. The first kappa shape index (κ1) is 29.5. The highest BCUT2D eigenvalue weighted by molar-refractivity contribution is 7.22. The summed E-state index contributed by atoms with van der Waals surface area (Å²) < 4.78 is 14.6. The second-order valence-electron chi connectivity index (χ2n) is 11.3. The first-order chi connectivity index (χ1) is 21.2. The summed E-state index contributed by atoms with van der Waals surface area (Å²) >= 11 is 1.38. The number of nitrogens with zero attached hydrogens (tertiary/aromatic N) is 5. The second kappa shape index (κ2) is 12.2. The molecule has 6 rings (SSSR count). The number of para-hydroxylation sites is 1. The van der Waals surface area contributed by atoms with Gasteiger partial charge in [0.15, 0.2) is 5.13 Å². The van der Waals surface area contributed by atoms with E-state index in [0.717, 1.165) is 26.9 Å². The summed E-state index contributed by atoms with van der Waals surface area (Å²) in [5, 5.41) is 6.78. The lowest BCUT2D eigenvalue weighted by Gasteiger charge is -2.47. The third-order valence-corrected chi connectivity index (χ3v) is 8.90. The van der Waals surface area contributed by atoms with Crippen molar-refractivity contribution in [2.75, 3.05) is 18.8 Å². The summed E-state index contributed by atoms with van der Waals surface area (Å²) in [5.74, 6) is -0.840. The van der Waals surface area contributed by atoms with E-state index in [4.69, 9.17) is 5.73 Å². The quantitative estimate of drug-likeness (QED) is 0.310. The number of anilines is 1. The fourth-order valence-corrected chi connectivity index (χ4v) is 6.85. The molecular weight excluding hydrogens is 581 g/mol. The largest absolute Gasteiger partial charge is 0.375 e. The first-order valence-electron chi connectivity index (χ1n) is 14.6. The number of nitrogens with two attached hydrogens (primary N) is 1. The summed E-state index contributed by atoms with van der Waals surface area (Å²) in [6, 6.07) is 19.9. The second-order valence-corrected chi connectivity index (χ2v) is 12.4. The number of fused-ring (bicyclic) bond motifs is 2. The number of hydrogen-bond donors (Lipinski definition) is 2. The highest BCUT2D eigenvalue weighted by atomic mass is 32.1. The van der Waals surface area contributed by atoms with Gasteiger partial charge in [0, 0.05) is 25.6 Å². The Morgan fingerprint density at radius 2 is 1.82 bits per heavy atom. The summed E-state index contributed by atoms with van der Waals surface area (Å²) in [4.78, 5) is 49.3. The van der Waals surface area contributed by atoms with E-state index in [9.17, 15) is 18.8 Å². The lowest BCUT2D eigenvalue weighted by molar-refractivity contribution is -0.158. The molecule has 3 aromatic carbocycles. The summed E-state index contributed by atoms with van der Waals surface area (Å²) in [5.41, 5.74) is 9.26. The SMILES string of the molecule is CC(C)N(C(=O)NCc1ccccc1)N1CC(=O)N2[C@@H](Cc3ccc(F)cc3)C(=O)N(Cc3cccc4sc(N)nc34)C[C@@H]21. The minimum atomic E-state index is -0.835. The third kappa shape index (κ3) is 5.82. The van der Waals surface area contributed by atoms with E-state index in [1.165, 1.54) is 23.5 Å². The van der Waals surface area contributed by atoms with Crippen molar-refractivity contribution in [1.29, 1.82) is 0 Å². The number of amides is 4. The Morgan fingerprint density at radius 3 is 2.55 bits per heavy atom. The van der Waals surface area contributed by atoms with Crippen molar-refractivity contribution in [3.05, 3.63) is 95.3 Å². The maximum Gasteiger partial charge on any atom is 0.332 e. The van der Waals surface area contributed by atoms with Crippen LogP contribution in [0.5, 0.6) is 0 Å². The zero-order chi connectivity index (χ0) is 31.0. The number of thiazole rings is 1. The first-order valence-corrected chi connectivity index (χ1v) is 15.4. The molecule has 3 N–H and O–H groups in total. The van der Waals surface area contributed by atoms with E-state index in [2.05, 4.69) is 10.3 Å². The van der Waals surface area contributed by atoms with Gasteiger partial charge in [0.05, 0.1) is 23.3 Å². The van der Waals surface area contributed by atoms with Gasteiger partial charge in [-0.05, 0) is 48.7 Å². The monoisotopic (exact) mass is 615 g/mol. The summed E-state index contributed by atoms with van der Waals surface area (Å²) in [6.45, 7) is 4.51. The van der Waals surface area contributed by atoms with Gasteiger partial charge < -0.3 is 20.9 Å². The number of carbonyl (C=O) groups excluding carboxylic acids is 3. The Labute approximate surface area is 258 Å². The Kier molecular flexibility index (Phi) is 8.19. The van der Waals surface area contributed by atoms with Crippen LogP contribution in [0.4, 0.5) is 14.3 Å². The number of urea groups is 1. The van der Waals surface area contributed by atoms with Gasteiger partial charge in [-0.2, -0.15) is 5.01 Å². The van der Waals surface area contributed by atoms with Gasteiger partial charge in [0.25, 0.3) is 0 Å². The van der Waals surface area contributed by atoms with Crippen molar-refractivity contribution in [2.24, 2.45) is 0 Å². The van der Waals surface area contributed by atoms with Gasteiger partial charge in [0.2, 0.25) is 11.8 Å². The number of piperazine rings is 1. The van der Waals surface area contributed by atoms with Crippen LogP contribution in [0.3, 0.4) is 0 Å². The van der Waals surface area contributed by atoms with Crippen LogP contribution in [0.1, 0.15) is 30.5 Å². The topological polar surface area (TPSA) is 115 Å². The number of hydrogen-bond acceptors (Lipinski definition) is 7. The molecule has 2 fully saturated rings. The molecular formula is C32H34FN7O3S. The molecule has 2 saturated heterocycles.